The molecule has 0 saturated carbocycles. The molecule has 0 amide bonds. The Morgan fingerprint density at radius 3 is 1.73 bits per heavy atom. The van der Waals surface area contributed by atoms with Gasteiger partial charge in [0.1, 0.15) is 6.04 Å². The van der Waals surface area contributed by atoms with E-state index in [2.05, 4.69) is 11.7 Å². The van der Waals surface area contributed by atoms with Crippen LogP contribution in [0, 0.1) is 0 Å². The summed E-state index contributed by atoms with van der Waals surface area (Å²) in [4.78, 5) is 22.4. The van der Waals surface area contributed by atoms with Crippen molar-refractivity contribution in [3.8, 4) is 0 Å². The standard InChI is InChI=1S/C17H33NO3.K.H/c1-3-4-5-6-7-8-9-10-11-12-13-14-16(19)21-17(20)15(2)18;;/h15H,3-14,18H2,1-2H3;;/q;+1;-1/t15-;;/m0../s1. The van der Waals surface area contributed by atoms with Gasteiger partial charge in [-0.25, -0.2) is 4.79 Å². The van der Waals surface area contributed by atoms with Crippen LogP contribution in [0.3, 0.4) is 0 Å². The molecule has 1 atom stereocenters. The number of ether oxygens (including phenoxy) is 1. The molecule has 0 aromatic rings. The molecule has 0 saturated heterocycles. The number of unbranched alkanes of at least 4 members (excludes halogenated alkanes) is 10. The van der Waals surface area contributed by atoms with E-state index < -0.39 is 18.0 Å². The average Bonchev–Trinajstić information content (AvgIpc) is 2.44. The zero-order chi connectivity index (χ0) is 15.9. The Balaban J connectivity index is -0.00000200. The number of nitrogens with two attached hydrogens (primary N) is 1. The maximum absolute atomic E-state index is 11.3. The molecule has 0 radical (unpaired) electrons. The molecular weight excluding hydrogens is 305 g/mol. The number of carbonyl (C=O) groups is 2. The first-order valence-corrected chi connectivity index (χ1v) is 8.58. The molecule has 22 heavy (non-hydrogen) atoms. The minimum absolute atomic E-state index is 0. The summed E-state index contributed by atoms with van der Waals surface area (Å²) in [5.41, 5.74) is 5.32. The minimum atomic E-state index is -0.730. The van der Waals surface area contributed by atoms with Crippen LogP contribution in [0.1, 0.15) is 92.3 Å². The van der Waals surface area contributed by atoms with Crippen molar-refractivity contribution in [2.75, 3.05) is 0 Å². The van der Waals surface area contributed by atoms with E-state index in [-0.39, 0.29) is 52.8 Å². The van der Waals surface area contributed by atoms with Gasteiger partial charge in [-0.15, -0.1) is 0 Å². The van der Waals surface area contributed by atoms with Crippen LogP contribution in [0.5, 0.6) is 0 Å². The molecule has 2 N–H and O–H groups in total. The molecule has 5 heteroatoms. The van der Waals surface area contributed by atoms with Gasteiger partial charge in [0.2, 0.25) is 0 Å². The van der Waals surface area contributed by atoms with Crippen LogP contribution in [0.2, 0.25) is 0 Å². The van der Waals surface area contributed by atoms with Crippen molar-refractivity contribution in [2.45, 2.75) is 96.9 Å². The fraction of sp³-hybridized carbons (Fsp3) is 0.882. The second-order valence-electron chi connectivity index (χ2n) is 5.87. The Morgan fingerprint density at radius 2 is 1.32 bits per heavy atom. The Morgan fingerprint density at radius 1 is 0.909 bits per heavy atom. The van der Waals surface area contributed by atoms with E-state index in [4.69, 9.17) is 5.73 Å². The van der Waals surface area contributed by atoms with Gasteiger partial charge in [-0.2, -0.15) is 0 Å². The monoisotopic (exact) mass is 339 g/mol. The average molecular weight is 340 g/mol. The number of rotatable bonds is 13. The SMILES string of the molecule is CCCCCCCCCCCCCC(=O)OC(=O)[C@H](C)N.[H-].[K+]. The molecule has 0 heterocycles. The predicted molar refractivity (Wildman–Crippen MR) is 86.9 cm³/mol. The summed E-state index contributed by atoms with van der Waals surface area (Å²) in [5.74, 6) is -1.09. The van der Waals surface area contributed by atoms with Gasteiger partial charge in [0, 0.05) is 6.42 Å². The smallest absolute Gasteiger partial charge is 1.00 e. The van der Waals surface area contributed by atoms with Crippen LogP contribution in [-0.2, 0) is 14.3 Å². The van der Waals surface area contributed by atoms with Crippen molar-refractivity contribution >= 4 is 11.9 Å². The second-order valence-corrected chi connectivity index (χ2v) is 5.87. The van der Waals surface area contributed by atoms with Gasteiger partial charge in [-0.1, -0.05) is 71.1 Å². The van der Waals surface area contributed by atoms with Crippen molar-refractivity contribution in [1.82, 2.24) is 0 Å². The number of carbonyl (C=O) groups excluding carboxylic acids is 2. The zero-order valence-electron chi connectivity index (χ0n) is 15.9. The first kappa shape index (κ1) is 25.0. The summed E-state index contributed by atoms with van der Waals surface area (Å²) in [6.07, 6.45) is 13.9. The molecule has 4 nitrogen and oxygen atoms in total. The molecule has 0 aliphatic heterocycles. The minimum Gasteiger partial charge on any atom is -1.00 e. The molecule has 0 aliphatic rings. The quantitative estimate of drug-likeness (QED) is 0.237. The van der Waals surface area contributed by atoms with Crippen molar-refractivity contribution in [3.63, 3.8) is 0 Å². The van der Waals surface area contributed by atoms with Gasteiger partial charge < -0.3 is 11.9 Å². The van der Waals surface area contributed by atoms with E-state index in [0.717, 1.165) is 19.3 Å². The zero-order valence-corrected chi connectivity index (χ0v) is 18.0. The maximum Gasteiger partial charge on any atom is 1.00 e. The number of esters is 2. The Labute approximate surface area is 180 Å². The Bertz CT molecular complexity index is 289. The van der Waals surface area contributed by atoms with Gasteiger partial charge in [0.25, 0.3) is 0 Å². The second kappa shape index (κ2) is 18.1. The molecule has 126 valence electrons. The van der Waals surface area contributed by atoms with E-state index in [1.165, 1.54) is 58.3 Å². The number of hydrogen-bond donors (Lipinski definition) is 1. The van der Waals surface area contributed by atoms with Gasteiger partial charge >= 0.3 is 63.3 Å². The first-order valence-electron chi connectivity index (χ1n) is 8.58. The molecule has 0 bridgehead atoms. The largest absolute Gasteiger partial charge is 1.00 e. The molecule has 0 rings (SSSR count). The van der Waals surface area contributed by atoms with Crippen LogP contribution < -0.4 is 57.1 Å². The van der Waals surface area contributed by atoms with Gasteiger partial charge in [-0.05, 0) is 13.3 Å². The summed E-state index contributed by atoms with van der Waals surface area (Å²) >= 11 is 0. The van der Waals surface area contributed by atoms with Crippen LogP contribution in [0.15, 0.2) is 0 Å². The maximum atomic E-state index is 11.3. The van der Waals surface area contributed by atoms with E-state index >= 15 is 0 Å². The van der Waals surface area contributed by atoms with Crippen molar-refractivity contribution in [1.29, 1.82) is 0 Å². The fourth-order valence-electron chi connectivity index (χ4n) is 2.19. The molecule has 0 aromatic heterocycles. The van der Waals surface area contributed by atoms with Crippen LogP contribution in [-0.4, -0.2) is 18.0 Å². The van der Waals surface area contributed by atoms with E-state index in [1.54, 1.807) is 0 Å². The third-order valence-corrected chi connectivity index (χ3v) is 3.57. The Hall–Kier alpha value is 0.736. The van der Waals surface area contributed by atoms with E-state index in [1.807, 2.05) is 0 Å². The van der Waals surface area contributed by atoms with Gasteiger partial charge in [0.05, 0.1) is 0 Å². The van der Waals surface area contributed by atoms with Crippen LogP contribution in [0.4, 0.5) is 0 Å². The van der Waals surface area contributed by atoms with E-state index in [9.17, 15) is 9.59 Å². The summed E-state index contributed by atoms with van der Waals surface area (Å²) in [6.45, 7) is 3.75. The van der Waals surface area contributed by atoms with Gasteiger partial charge in [-0.3, -0.25) is 4.79 Å². The molecule has 0 unspecified atom stereocenters. The molecule has 0 aliphatic carbocycles. The number of hydrogen-bond acceptors (Lipinski definition) is 4. The van der Waals surface area contributed by atoms with Crippen molar-refractivity contribution in [3.05, 3.63) is 0 Å². The third-order valence-electron chi connectivity index (χ3n) is 3.57. The van der Waals surface area contributed by atoms with Crippen molar-refractivity contribution < 1.29 is 67.1 Å². The van der Waals surface area contributed by atoms with Crippen LogP contribution in [0.25, 0.3) is 0 Å². The normalized spacial score (nSPS) is 11.6. The van der Waals surface area contributed by atoms with Crippen molar-refractivity contribution in [2.24, 2.45) is 5.73 Å². The third kappa shape index (κ3) is 17.1. The van der Waals surface area contributed by atoms with Crippen LogP contribution >= 0.6 is 0 Å². The summed E-state index contributed by atoms with van der Waals surface area (Å²) in [7, 11) is 0. The topological polar surface area (TPSA) is 69.4 Å². The molecule has 0 aromatic carbocycles. The first-order chi connectivity index (χ1) is 10.1. The summed E-state index contributed by atoms with van der Waals surface area (Å²) in [6, 6.07) is -0.730. The predicted octanol–water partition coefficient (Wildman–Crippen LogP) is 1.22. The molecule has 0 spiro atoms. The summed E-state index contributed by atoms with van der Waals surface area (Å²) in [5, 5.41) is 0. The van der Waals surface area contributed by atoms with E-state index in [0.29, 0.717) is 6.42 Å². The summed E-state index contributed by atoms with van der Waals surface area (Å²) < 4.78 is 4.60. The van der Waals surface area contributed by atoms with Gasteiger partial charge in [0.15, 0.2) is 0 Å². The molecular formula is C17H34KNO3. The Kier molecular flexibility index (Phi) is 20.5. The molecule has 0 fully saturated rings. The fourth-order valence-corrected chi connectivity index (χ4v) is 2.19.